The summed E-state index contributed by atoms with van der Waals surface area (Å²) < 4.78 is 47.7. The molecule has 4 rings (SSSR count). The fourth-order valence-electron chi connectivity index (χ4n) is 4.56. The smallest absolute Gasteiger partial charge is 0.404 e. The van der Waals surface area contributed by atoms with Crippen LogP contribution in [0.25, 0.3) is 16.7 Å². The van der Waals surface area contributed by atoms with Crippen molar-refractivity contribution >= 4 is 41.1 Å². The predicted octanol–water partition coefficient (Wildman–Crippen LogP) is 1.23. The average Bonchev–Trinajstić information content (AvgIpc) is 3.16. The summed E-state index contributed by atoms with van der Waals surface area (Å²) in [5.41, 5.74) is 6.04. The number of allylic oxidation sites excluding steroid dienone is 1. The lowest BCUT2D eigenvalue weighted by Crippen LogP contribution is -2.56. The summed E-state index contributed by atoms with van der Waals surface area (Å²) in [4.78, 5) is 30.3. The highest BCUT2D eigenvalue weighted by Gasteiger charge is 2.36. The van der Waals surface area contributed by atoms with E-state index in [1.54, 1.807) is 9.80 Å². The molecule has 0 saturated carbocycles. The van der Waals surface area contributed by atoms with E-state index in [9.17, 15) is 18.0 Å². The van der Waals surface area contributed by atoms with Gasteiger partial charge in [-0.15, -0.1) is 0 Å². The zero-order valence-electron chi connectivity index (χ0n) is 19.5. The second-order valence-electron chi connectivity index (χ2n) is 8.68. The largest absolute Gasteiger partial charge is 0.406 e. The molecule has 3 N–H and O–H groups in total. The maximum atomic E-state index is 13.8. The average molecular weight is 496 g/mol. The standard InChI is InChI=1S/C21H28F3N9O2/c1-13-9-31(10-14(2)33(13)12-34)20-27-16-18(30-3-5-35-6-4-30)28-17(15(7-25)8-26)29-19(16)32(20)11-21(22,23)24/h7-8,12-14,25H,3-6,9-11,26H2,1-2H3/b15-8+,25-7?/t13-,14+. The number of imidazole rings is 1. The molecule has 190 valence electrons. The number of hydrogen-bond donors (Lipinski definition) is 2. The molecule has 2 aromatic rings. The van der Waals surface area contributed by atoms with Crippen molar-refractivity contribution in [1.29, 1.82) is 5.41 Å². The Morgan fingerprint density at radius 3 is 2.34 bits per heavy atom. The van der Waals surface area contributed by atoms with E-state index in [4.69, 9.17) is 15.9 Å². The first-order valence-electron chi connectivity index (χ1n) is 11.2. The van der Waals surface area contributed by atoms with E-state index in [0.717, 1.165) is 23.4 Å². The van der Waals surface area contributed by atoms with Gasteiger partial charge in [-0.25, -0.2) is 15.0 Å². The predicted molar refractivity (Wildman–Crippen MR) is 124 cm³/mol. The van der Waals surface area contributed by atoms with Crippen LogP contribution in [0.5, 0.6) is 0 Å². The van der Waals surface area contributed by atoms with Gasteiger partial charge in [0.15, 0.2) is 22.8 Å². The summed E-state index contributed by atoms with van der Waals surface area (Å²) in [7, 11) is 0. The number of fused-ring (bicyclic) bond motifs is 1. The van der Waals surface area contributed by atoms with Crippen LogP contribution in [0.4, 0.5) is 24.9 Å². The minimum absolute atomic E-state index is 0.00291. The number of alkyl halides is 3. The van der Waals surface area contributed by atoms with Gasteiger partial charge < -0.3 is 30.6 Å². The molecule has 2 aromatic heterocycles. The molecule has 0 unspecified atom stereocenters. The topological polar surface area (TPSA) is 129 Å². The molecule has 11 nitrogen and oxygen atoms in total. The normalized spacial score (nSPS) is 22.1. The second-order valence-corrected chi connectivity index (χ2v) is 8.68. The first-order valence-corrected chi connectivity index (χ1v) is 11.2. The molecular weight excluding hydrogens is 467 g/mol. The summed E-state index contributed by atoms with van der Waals surface area (Å²) in [6, 6.07) is -0.444. The Bertz CT molecular complexity index is 1120. The third kappa shape index (κ3) is 4.88. The fraction of sp³-hybridized carbons (Fsp3) is 0.571. The zero-order valence-corrected chi connectivity index (χ0v) is 19.5. The molecule has 4 heterocycles. The van der Waals surface area contributed by atoms with Gasteiger partial charge in [-0.1, -0.05) is 0 Å². The van der Waals surface area contributed by atoms with Crippen molar-refractivity contribution in [2.45, 2.75) is 38.7 Å². The van der Waals surface area contributed by atoms with E-state index in [1.807, 2.05) is 18.7 Å². The molecule has 2 aliphatic heterocycles. The number of rotatable bonds is 6. The number of carbonyl (C=O) groups is 1. The highest BCUT2D eigenvalue weighted by Crippen LogP contribution is 2.33. The summed E-state index contributed by atoms with van der Waals surface area (Å²) in [6.45, 7) is 4.82. The molecule has 35 heavy (non-hydrogen) atoms. The lowest BCUT2D eigenvalue weighted by atomic mass is 10.1. The molecular formula is C21H28F3N9O2. The highest BCUT2D eigenvalue weighted by atomic mass is 19.4. The molecule has 14 heteroatoms. The van der Waals surface area contributed by atoms with Crippen LogP contribution in [0.15, 0.2) is 6.20 Å². The van der Waals surface area contributed by atoms with Crippen LogP contribution < -0.4 is 15.5 Å². The summed E-state index contributed by atoms with van der Waals surface area (Å²) in [5, 5.41) is 7.63. The number of halogens is 3. The zero-order chi connectivity index (χ0) is 25.3. The number of hydrogen-bond acceptors (Lipinski definition) is 9. The van der Waals surface area contributed by atoms with Gasteiger partial charge >= 0.3 is 6.18 Å². The minimum atomic E-state index is -4.54. The van der Waals surface area contributed by atoms with Crippen LogP contribution in [0.2, 0.25) is 0 Å². The quantitative estimate of drug-likeness (QED) is 0.452. The van der Waals surface area contributed by atoms with Gasteiger partial charge in [0, 0.05) is 50.7 Å². The summed E-state index contributed by atoms with van der Waals surface area (Å²) >= 11 is 0. The van der Waals surface area contributed by atoms with Crippen molar-refractivity contribution in [2.24, 2.45) is 5.73 Å². The van der Waals surface area contributed by atoms with Gasteiger partial charge in [0.1, 0.15) is 6.54 Å². The van der Waals surface area contributed by atoms with E-state index in [2.05, 4.69) is 15.0 Å². The minimum Gasteiger partial charge on any atom is -0.404 e. The maximum Gasteiger partial charge on any atom is 0.406 e. The van der Waals surface area contributed by atoms with Gasteiger partial charge in [0.05, 0.1) is 18.8 Å². The van der Waals surface area contributed by atoms with Crippen LogP contribution in [-0.2, 0) is 16.1 Å². The van der Waals surface area contributed by atoms with Crippen molar-refractivity contribution in [3.05, 3.63) is 12.0 Å². The number of morpholine rings is 1. The number of carbonyl (C=O) groups excluding carboxylic acids is 1. The second kappa shape index (κ2) is 9.68. The van der Waals surface area contributed by atoms with E-state index in [1.165, 1.54) is 0 Å². The molecule has 2 saturated heterocycles. The fourth-order valence-corrected chi connectivity index (χ4v) is 4.56. The maximum absolute atomic E-state index is 13.8. The van der Waals surface area contributed by atoms with Gasteiger partial charge in [-0.2, -0.15) is 13.2 Å². The molecule has 0 spiro atoms. The lowest BCUT2D eigenvalue weighted by molar-refractivity contribution is -0.139. The molecule has 0 radical (unpaired) electrons. The Morgan fingerprint density at radius 1 is 1.14 bits per heavy atom. The number of piperazine rings is 1. The number of aromatic nitrogens is 4. The SMILES string of the molecule is C[C@@H]1CN(c2nc3c(N4CCOCC4)nc(/C(C=N)=C/N)nc3n2CC(F)(F)F)C[C@H](C)N1C=O. The van der Waals surface area contributed by atoms with E-state index in [0.29, 0.717) is 45.2 Å². The van der Waals surface area contributed by atoms with Gasteiger partial charge in [0.2, 0.25) is 12.4 Å². The summed E-state index contributed by atoms with van der Waals surface area (Å²) in [6.07, 6.45) is -1.68. The molecule has 0 bridgehead atoms. The van der Waals surface area contributed by atoms with Crippen LogP contribution in [-0.4, -0.2) is 94.7 Å². The Labute approximate surface area is 199 Å². The Hall–Kier alpha value is -3.42. The first-order chi connectivity index (χ1) is 16.7. The summed E-state index contributed by atoms with van der Waals surface area (Å²) in [5.74, 6) is 0.513. The van der Waals surface area contributed by atoms with Crippen LogP contribution in [0.1, 0.15) is 19.7 Å². The number of nitrogens with zero attached hydrogens (tertiary/aromatic N) is 7. The van der Waals surface area contributed by atoms with E-state index in [-0.39, 0.29) is 40.6 Å². The number of amides is 1. The van der Waals surface area contributed by atoms with Gasteiger partial charge in [-0.3, -0.25) is 9.36 Å². The first kappa shape index (κ1) is 24.7. The van der Waals surface area contributed by atoms with Crippen LogP contribution >= 0.6 is 0 Å². The molecule has 1 amide bonds. The number of nitrogens with one attached hydrogen (secondary N) is 1. The third-order valence-electron chi connectivity index (χ3n) is 6.19. The molecule has 0 aliphatic carbocycles. The van der Waals surface area contributed by atoms with Gasteiger partial charge in [0.25, 0.3) is 0 Å². The molecule has 0 aromatic carbocycles. The van der Waals surface area contributed by atoms with Crippen molar-refractivity contribution < 1.29 is 22.7 Å². The number of anilines is 2. The number of ether oxygens (including phenoxy) is 1. The van der Waals surface area contributed by atoms with Crippen molar-refractivity contribution in [2.75, 3.05) is 49.2 Å². The van der Waals surface area contributed by atoms with Crippen molar-refractivity contribution in [3.8, 4) is 0 Å². The van der Waals surface area contributed by atoms with Crippen molar-refractivity contribution in [3.63, 3.8) is 0 Å². The Kier molecular flexibility index (Phi) is 6.83. The third-order valence-corrected chi connectivity index (χ3v) is 6.19. The molecule has 2 fully saturated rings. The lowest BCUT2D eigenvalue weighted by Gasteiger charge is -2.42. The Morgan fingerprint density at radius 2 is 1.80 bits per heavy atom. The highest BCUT2D eigenvalue weighted by molar-refractivity contribution is 6.07. The Balaban J connectivity index is 1.93. The van der Waals surface area contributed by atoms with E-state index < -0.39 is 12.7 Å². The van der Waals surface area contributed by atoms with E-state index >= 15 is 0 Å². The molecule has 2 atom stereocenters. The number of nitrogens with two attached hydrogens (primary N) is 1. The van der Waals surface area contributed by atoms with Gasteiger partial charge in [-0.05, 0) is 13.8 Å². The van der Waals surface area contributed by atoms with Crippen molar-refractivity contribution in [1.82, 2.24) is 24.4 Å². The van der Waals surface area contributed by atoms with Crippen LogP contribution in [0, 0.1) is 5.41 Å². The van der Waals surface area contributed by atoms with Crippen LogP contribution in [0.3, 0.4) is 0 Å². The molecule has 2 aliphatic rings. The monoisotopic (exact) mass is 495 g/mol.